The molecule has 0 spiro atoms. The molecule has 0 aromatic carbocycles. The quantitative estimate of drug-likeness (QED) is 0.768. The van der Waals surface area contributed by atoms with Crippen LogP contribution in [0, 0.1) is 11.3 Å². The average molecular weight is 280 g/mol. The zero-order valence-electron chi connectivity index (χ0n) is 14.3. The Morgan fingerprint density at radius 2 is 1.60 bits per heavy atom. The van der Waals surface area contributed by atoms with Crippen LogP contribution in [0.5, 0.6) is 0 Å². The average Bonchev–Trinajstić information content (AvgIpc) is 2.77. The van der Waals surface area contributed by atoms with Crippen molar-refractivity contribution in [3.8, 4) is 0 Å². The first kappa shape index (κ1) is 16.3. The van der Waals surface area contributed by atoms with E-state index in [-0.39, 0.29) is 0 Å². The molecule has 2 rings (SSSR count). The van der Waals surface area contributed by atoms with Gasteiger partial charge in [0.2, 0.25) is 0 Å². The highest BCUT2D eigenvalue weighted by atomic mass is 15.2. The summed E-state index contributed by atoms with van der Waals surface area (Å²) in [5.74, 6) is 0.909. The minimum absolute atomic E-state index is 0.488. The van der Waals surface area contributed by atoms with E-state index in [1.807, 2.05) is 0 Å². The van der Waals surface area contributed by atoms with Crippen LogP contribution in [-0.2, 0) is 0 Å². The molecule has 1 saturated heterocycles. The Morgan fingerprint density at radius 3 is 2.30 bits per heavy atom. The van der Waals surface area contributed by atoms with E-state index in [2.05, 4.69) is 38.0 Å². The molecule has 1 aliphatic heterocycles. The van der Waals surface area contributed by atoms with Gasteiger partial charge in [0.1, 0.15) is 0 Å². The molecule has 0 aromatic rings. The smallest absolute Gasteiger partial charge is 0.0249 e. The van der Waals surface area contributed by atoms with Crippen LogP contribution in [0.15, 0.2) is 0 Å². The number of rotatable bonds is 2. The minimum atomic E-state index is 0.488. The third-order valence-corrected chi connectivity index (χ3v) is 5.81. The van der Waals surface area contributed by atoms with E-state index in [1.54, 1.807) is 0 Å². The lowest BCUT2D eigenvalue weighted by atomic mass is 9.77. The maximum Gasteiger partial charge on any atom is 0.0249 e. The molecule has 0 bridgehead atoms. The summed E-state index contributed by atoms with van der Waals surface area (Å²) in [6, 6.07) is 1.52. The normalized spacial score (nSPS) is 34.5. The van der Waals surface area contributed by atoms with Gasteiger partial charge in [0.05, 0.1) is 0 Å². The van der Waals surface area contributed by atoms with Gasteiger partial charge in [0.25, 0.3) is 0 Å². The Kier molecular flexibility index (Phi) is 5.92. The lowest BCUT2D eigenvalue weighted by Crippen LogP contribution is -2.49. The molecule has 1 N–H and O–H groups in total. The maximum atomic E-state index is 3.61. The van der Waals surface area contributed by atoms with E-state index in [0.717, 1.165) is 18.0 Å². The van der Waals surface area contributed by atoms with Gasteiger partial charge >= 0.3 is 0 Å². The van der Waals surface area contributed by atoms with E-state index in [9.17, 15) is 0 Å². The van der Waals surface area contributed by atoms with Crippen LogP contribution in [0.3, 0.4) is 0 Å². The molecular weight excluding hydrogens is 244 g/mol. The molecule has 2 fully saturated rings. The van der Waals surface area contributed by atoms with Crippen LogP contribution in [0.1, 0.15) is 72.1 Å². The van der Waals surface area contributed by atoms with Crippen molar-refractivity contribution in [2.45, 2.75) is 84.2 Å². The summed E-state index contributed by atoms with van der Waals surface area (Å²) in [6.07, 6.45) is 11.3. The predicted molar refractivity (Wildman–Crippen MR) is 88.1 cm³/mol. The molecule has 3 atom stereocenters. The highest BCUT2D eigenvalue weighted by Crippen LogP contribution is 2.35. The van der Waals surface area contributed by atoms with Crippen molar-refractivity contribution in [3.05, 3.63) is 0 Å². The summed E-state index contributed by atoms with van der Waals surface area (Å²) in [5, 5.41) is 3.61. The van der Waals surface area contributed by atoms with E-state index >= 15 is 0 Å². The summed E-state index contributed by atoms with van der Waals surface area (Å²) in [4.78, 5) is 2.83. The third kappa shape index (κ3) is 4.21. The van der Waals surface area contributed by atoms with Gasteiger partial charge in [0, 0.05) is 12.1 Å². The van der Waals surface area contributed by atoms with Crippen molar-refractivity contribution in [2.24, 2.45) is 11.3 Å². The highest BCUT2D eigenvalue weighted by molar-refractivity contribution is 4.88. The fourth-order valence-electron chi connectivity index (χ4n) is 4.38. The number of hydrogen-bond acceptors (Lipinski definition) is 2. The number of likely N-dealkylation sites (N-methyl/N-ethyl adjacent to an activating group) is 1. The molecular formula is C18H36N2. The summed E-state index contributed by atoms with van der Waals surface area (Å²) in [5.41, 5.74) is 0.488. The zero-order chi connectivity index (χ0) is 14.6. The van der Waals surface area contributed by atoms with Gasteiger partial charge in [-0.15, -0.1) is 0 Å². The maximum absolute atomic E-state index is 3.61. The lowest BCUT2D eigenvalue weighted by Gasteiger charge is -2.36. The molecule has 0 radical (unpaired) electrons. The SMILES string of the molecule is CNC1CCCCCC1N1CCCC(C(C)(C)C)CC1. The fraction of sp³-hybridized carbons (Fsp3) is 1.00. The summed E-state index contributed by atoms with van der Waals surface area (Å²) in [7, 11) is 2.17. The van der Waals surface area contributed by atoms with Gasteiger partial charge in [-0.05, 0) is 63.6 Å². The molecule has 1 aliphatic carbocycles. The molecule has 20 heavy (non-hydrogen) atoms. The van der Waals surface area contributed by atoms with Gasteiger partial charge in [-0.3, -0.25) is 4.90 Å². The van der Waals surface area contributed by atoms with Crippen molar-refractivity contribution in [3.63, 3.8) is 0 Å². The van der Waals surface area contributed by atoms with Crippen molar-refractivity contribution < 1.29 is 0 Å². The number of hydrogen-bond donors (Lipinski definition) is 1. The Labute approximate surface area is 126 Å². The molecule has 0 aromatic heterocycles. The van der Waals surface area contributed by atoms with Crippen molar-refractivity contribution >= 4 is 0 Å². The first-order chi connectivity index (χ1) is 9.52. The second-order valence-corrected chi connectivity index (χ2v) is 8.13. The molecule has 0 amide bonds. The standard InChI is InChI=1S/C18H36N2/c1-18(2,3)15-9-8-13-20(14-12-15)17-11-7-5-6-10-16(17)19-4/h15-17,19H,5-14H2,1-4H3. The number of nitrogens with one attached hydrogen (secondary N) is 1. The topological polar surface area (TPSA) is 15.3 Å². The first-order valence-corrected chi connectivity index (χ1v) is 8.93. The Morgan fingerprint density at radius 1 is 0.850 bits per heavy atom. The van der Waals surface area contributed by atoms with Gasteiger partial charge < -0.3 is 5.32 Å². The van der Waals surface area contributed by atoms with Gasteiger partial charge in [-0.25, -0.2) is 0 Å². The van der Waals surface area contributed by atoms with Crippen LogP contribution in [0.25, 0.3) is 0 Å². The summed E-state index contributed by atoms with van der Waals surface area (Å²) in [6.45, 7) is 9.93. The Balaban J connectivity index is 1.97. The Bertz CT molecular complexity index is 282. The van der Waals surface area contributed by atoms with Crippen molar-refractivity contribution in [1.29, 1.82) is 0 Å². The van der Waals surface area contributed by atoms with Crippen LogP contribution in [0.4, 0.5) is 0 Å². The molecule has 118 valence electrons. The molecule has 3 unspecified atom stereocenters. The third-order valence-electron chi connectivity index (χ3n) is 5.81. The molecule has 1 heterocycles. The minimum Gasteiger partial charge on any atom is -0.315 e. The summed E-state index contributed by atoms with van der Waals surface area (Å²) < 4.78 is 0. The van der Waals surface area contributed by atoms with E-state index < -0.39 is 0 Å². The number of likely N-dealkylation sites (tertiary alicyclic amines) is 1. The molecule has 2 nitrogen and oxygen atoms in total. The van der Waals surface area contributed by atoms with Crippen molar-refractivity contribution in [1.82, 2.24) is 10.2 Å². The Hall–Kier alpha value is -0.0800. The first-order valence-electron chi connectivity index (χ1n) is 8.93. The zero-order valence-corrected chi connectivity index (χ0v) is 14.3. The van der Waals surface area contributed by atoms with E-state index in [1.165, 1.54) is 64.5 Å². The van der Waals surface area contributed by atoms with Gasteiger partial charge in [-0.1, -0.05) is 40.0 Å². The van der Waals surface area contributed by atoms with E-state index in [4.69, 9.17) is 0 Å². The van der Waals surface area contributed by atoms with Gasteiger partial charge in [0.15, 0.2) is 0 Å². The monoisotopic (exact) mass is 280 g/mol. The molecule has 2 heteroatoms. The van der Waals surface area contributed by atoms with Crippen LogP contribution >= 0.6 is 0 Å². The fourth-order valence-corrected chi connectivity index (χ4v) is 4.38. The van der Waals surface area contributed by atoms with Gasteiger partial charge in [-0.2, -0.15) is 0 Å². The van der Waals surface area contributed by atoms with Crippen LogP contribution < -0.4 is 5.32 Å². The predicted octanol–water partition coefficient (Wildman–Crippen LogP) is 4.06. The molecule has 1 saturated carbocycles. The molecule has 2 aliphatic rings. The van der Waals surface area contributed by atoms with E-state index in [0.29, 0.717) is 5.41 Å². The van der Waals surface area contributed by atoms with Crippen LogP contribution in [-0.4, -0.2) is 37.1 Å². The second-order valence-electron chi connectivity index (χ2n) is 8.13. The van der Waals surface area contributed by atoms with Crippen LogP contribution in [0.2, 0.25) is 0 Å². The van der Waals surface area contributed by atoms with Crippen molar-refractivity contribution in [2.75, 3.05) is 20.1 Å². The highest BCUT2D eigenvalue weighted by Gasteiger charge is 2.32. The largest absolute Gasteiger partial charge is 0.315 e. The second kappa shape index (κ2) is 7.26. The number of nitrogens with zero attached hydrogens (tertiary/aromatic N) is 1. The lowest BCUT2D eigenvalue weighted by molar-refractivity contribution is 0.147. The summed E-state index contributed by atoms with van der Waals surface area (Å²) >= 11 is 0.